The van der Waals surface area contributed by atoms with Crippen molar-refractivity contribution in [1.82, 2.24) is 15.1 Å². The van der Waals surface area contributed by atoms with E-state index in [2.05, 4.69) is 10.4 Å². The monoisotopic (exact) mass is 400 g/mol. The summed E-state index contributed by atoms with van der Waals surface area (Å²) in [6.07, 6.45) is 3.20. The fourth-order valence-electron chi connectivity index (χ4n) is 3.60. The van der Waals surface area contributed by atoms with Gasteiger partial charge >= 0.3 is 0 Å². The lowest BCUT2D eigenvalue weighted by Gasteiger charge is -2.31. The molecule has 0 saturated heterocycles. The molecule has 2 amide bonds. The van der Waals surface area contributed by atoms with Crippen molar-refractivity contribution in [3.63, 3.8) is 0 Å². The molecule has 30 heavy (non-hydrogen) atoms. The topological polar surface area (TPSA) is 67.2 Å². The molecule has 4 rings (SSSR count). The smallest absolute Gasteiger partial charge is 0.254 e. The Morgan fingerprint density at radius 2 is 1.60 bits per heavy atom. The fraction of sp³-hybridized carbons (Fsp3) is 0.208. The molecule has 1 aliphatic rings. The summed E-state index contributed by atoms with van der Waals surface area (Å²) in [6, 6.07) is 19.8. The summed E-state index contributed by atoms with van der Waals surface area (Å²) in [7, 11) is 0. The van der Waals surface area contributed by atoms with Gasteiger partial charge in [0.05, 0.1) is 11.4 Å². The maximum Gasteiger partial charge on any atom is 0.254 e. The molecule has 0 radical (unpaired) electrons. The predicted molar refractivity (Wildman–Crippen MR) is 117 cm³/mol. The lowest BCUT2D eigenvalue weighted by atomic mass is 10.1. The molecule has 3 aromatic rings. The third-order valence-electron chi connectivity index (χ3n) is 4.79. The van der Waals surface area contributed by atoms with Gasteiger partial charge in [0.15, 0.2) is 6.04 Å². The van der Waals surface area contributed by atoms with Crippen LogP contribution in [0.15, 0.2) is 79.0 Å². The van der Waals surface area contributed by atoms with Crippen molar-refractivity contribution in [3.8, 4) is 0 Å². The van der Waals surface area contributed by atoms with Gasteiger partial charge in [-0.1, -0.05) is 48.5 Å². The Morgan fingerprint density at radius 3 is 2.23 bits per heavy atom. The van der Waals surface area contributed by atoms with Crippen LogP contribution < -0.4 is 10.2 Å². The first kappa shape index (κ1) is 19.6. The Labute approximate surface area is 175 Å². The summed E-state index contributed by atoms with van der Waals surface area (Å²) in [5, 5.41) is 7.48. The van der Waals surface area contributed by atoms with Gasteiger partial charge in [-0.2, -0.15) is 5.10 Å². The van der Waals surface area contributed by atoms with Gasteiger partial charge in [-0.3, -0.25) is 14.5 Å². The van der Waals surface area contributed by atoms with E-state index < -0.39 is 11.6 Å². The lowest BCUT2D eigenvalue weighted by molar-refractivity contribution is -0.126. The highest BCUT2D eigenvalue weighted by molar-refractivity contribution is 6.10. The van der Waals surface area contributed by atoms with Gasteiger partial charge in [0.25, 0.3) is 5.91 Å². The van der Waals surface area contributed by atoms with Crippen LogP contribution >= 0.6 is 0 Å². The zero-order valence-corrected chi connectivity index (χ0v) is 17.2. The van der Waals surface area contributed by atoms with E-state index in [1.807, 2.05) is 81.4 Å². The molecule has 0 saturated carbocycles. The molecule has 0 aliphatic carbocycles. The number of amides is 2. The second-order valence-electron chi connectivity index (χ2n) is 8.25. The van der Waals surface area contributed by atoms with Crippen molar-refractivity contribution >= 4 is 23.2 Å². The predicted octanol–water partition coefficient (Wildman–Crippen LogP) is 3.77. The van der Waals surface area contributed by atoms with E-state index in [4.69, 9.17) is 0 Å². The zero-order chi connectivity index (χ0) is 21.3. The van der Waals surface area contributed by atoms with Crippen molar-refractivity contribution in [2.24, 2.45) is 0 Å². The first-order chi connectivity index (χ1) is 14.3. The summed E-state index contributed by atoms with van der Waals surface area (Å²) in [6.45, 7) is 5.75. The highest BCUT2D eigenvalue weighted by Gasteiger charge is 2.38. The molecule has 1 atom stereocenters. The van der Waals surface area contributed by atoms with Crippen molar-refractivity contribution in [3.05, 3.63) is 90.3 Å². The average molecular weight is 400 g/mol. The summed E-state index contributed by atoms with van der Waals surface area (Å²) >= 11 is 0. The molecule has 0 bridgehead atoms. The van der Waals surface area contributed by atoms with Gasteiger partial charge in [-0.05, 0) is 39.0 Å². The maximum atomic E-state index is 13.5. The number of hydrogen-bond donors (Lipinski definition) is 1. The number of anilines is 1. The Morgan fingerprint density at radius 1 is 0.967 bits per heavy atom. The molecule has 6 nitrogen and oxygen atoms in total. The van der Waals surface area contributed by atoms with Gasteiger partial charge in [-0.15, -0.1) is 0 Å². The number of nitrogens with one attached hydrogen (secondary N) is 1. The van der Waals surface area contributed by atoms with Crippen LogP contribution in [0.5, 0.6) is 0 Å². The van der Waals surface area contributed by atoms with Crippen LogP contribution in [0.3, 0.4) is 0 Å². The number of carbonyl (C=O) groups excluding carboxylic acids is 2. The van der Waals surface area contributed by atoms with Crippen molar-refractivity contribution in [2.75, 3.05) is 4.90 Å². The molecule has 2 heterocycles. The normalized spacial score (nSPS) is 16.5. The largest absolute Gasteiger partial charge is 0.349 e. The van der Waals surface area contributed by atoms with E-state index >= 15 is 0 Å². The summed E-state index contributed by atoms with van der Waals surface area (Å²) in [5.74, 6) is -0.538. The number of hydrogen-bond acceptors (Lipinski definition) is 3. The fourth-order valence-corrected chi connectivity index (χ4v) is 3.60. The molecule has 2 aromatic carbocycles. The number of carbonyl (C=O) groups is 2. The van der Waals surface area contributed by atoms with Crippen molar-refractivity contribution in [2.45, 2.75) is 32.4 Å². The third-order valence-corrected chi connectivity index (χ3v) is 4.79. The quantitative estimate of drug-likeness (QED) is 0.728. The van der Waals surface area contributed by atoms with E-state index in [0.29, 0.717) is 17.1 Å². The Kier molecular flexibility index (Phi) is 4.99. The van der Waals surface area contributed by atoms with E-state index in [1.165, 1.54) is 4.90 Å². The van der Waals surface area contributed by atoms with Gasteiger partial charge in [-0.25, -0.2) is 4.68 Å². The summed E-state index contributed by atoms with van der Waals surface area (Å²) in [5.41, 5.74) is 2.31. The Bertz CT molecular complexity index is 1090. The Hall–Kier alpha value is -3.67. The SMILES string of the molecule is CC(C)(C)NC(=O)C1c2ccnn2C(c2ccccc2)=CC(=O)N1c1ccccc1. The van der Waals surface area contributed by atoms with E-state index in [9.17, 15) is 9.59 Å². The minimum atomic E-state index is -0.862. The van der Waals surface area contributed by atoms with Crippen LogP contribution in [0.1, 0.15) is 38.1 Å². The number of fused-ring (bicyclic) bond motifs is 1. The number of para-hydroxylation sites is 1. The van der Waals surface area contributed by atoms with Crippen LogP contribution in [-0.2, 0) is 9.59 Å². The van der Waals surface area contributed by atoms with Crippen LogP contribution in [0.25, 0.3) is 5.70 Å². The van der Waals surface area contributed by atoms with Gasteiger partial charge in [0, 0.05) is 29.1 Å². The van der Waals surface area contributed by atoms with Gasteiger partial charge in [0.2, 0.25) is 5.91 Å². The van der Waals surface area contributed by atoms with Gasteiger partial charge < -0.3 is 5.32 Å². The van der Waals surface area contributed by atoms with Crippen LogP contribution in [-0.4, -0.2) is 27.1 Å². The standard InChI is InChI=1S/C24H24N4O2/c1-24(2,3)26-23(30)22-19-14-15-25-28(19)20(17-10-6-4-7-11-17)16-21(29)27(22)18-12-8-5-9-13-18/h4-16,22H,1-3H3,(H,26,30). The highest BCUT2D eigenvalue weighted by Crippen LogP contribution is 2.34. The highest BCUT2D eigenvalue weighted by atomic mass is 16.2. The first-order valence-electron chi connectivity index (χ1n) is 9.87. The molecule has 6 heteroatoms. The number of aromatic nitrogens is 2. The van der Waals surface area contributed by atoms with E-state index in [-0.39, 0.29) is 11.8 Å². The van der Waals surface area contributed by atoms with Crippen molar-refractivity contribution in [1.29, 1.82) is 0 Å². The minimum Gasteiger partial charge on any atom is -0.349 e. The van der Waals surface area contributed by atoms with Crippen LogP contribution in [0.4, 0.5) is 5.69 Å². The average Bonchev–Trinajstić information content (AvgIpc) is 3.14. The molecule has 1 N–H and O–H groups in total. The lowest BCUT2D eigenvalue weighted by Crippen LogP contribution is -2.49. The van der Waals surface area contributed by atoms with Gasteiger partial charge in [0.1, 0.15) is 0 Å². The Balaban J connectivity index is 1.92. The second kappa shape index (κ2) is 7.63. The molecule has 152 valence electrons. The number of benzene rings is 2. The summed E-state index contributed by atoms with van der Waals surface area (Å²) < 4.78 is 1.68. The van der Waals surface area contributed by atoms with Crippen LogP contribution in [0, 0.1) is 0 Å². The zero-order valence-electron chi connectivity index (χ0n) is 17.2. The molecule has 1 aromatic heterocycles. The number of nitrogens with zero attached hydrogens (tertiary/aromatic N) is 3. The first-order valence-corrected chi connectivity index (χ1v) is 9.87. The van der Waals surface area contributed by atoms with E-state index in [1.54, 1.807) is 23.0 Å². The van der Waals surface area contributed by atoms with Crippen LogP contribution in [0.2, 0.25) is 0 Å². The number of rotatable bonds is 3. The molecule has 0 spiro atoms. The van der Waals surface area contributed by atoms with Crippen molar-refractivity contribution < 1.29 is 9.59 Å². The second-order valence-corrected chi connectivity index (χ2v) is 8.25. The molecule has 1 aliphatic heterocycles. The molecule has 1 unspecified atom stereocenters. The molecular formula is C24H24N4O2. The molecule has 0 fully saturated rings. The molecular weight excluding hydrogens is 376 g/mol. The maximum absolute atomic E-state index is 13.5. The minimum absolute atomic E-state index is 0.260. The summed E-state index contributed by atoms with van der Waals surface area (Å²) in [4.78, 5) is 28.4. The van der Waals surface area contributed by atoms with E-state index in [0.717, 1.165) is 5.56 Å². The third kappa shape index (κ3) is 3.76.